The third-order valence-electron chi connectivity index (χ3n) is 4.18. The van der Waals surface area contributed by atoms with E-state index in [1.807, 2.05) is 0 Å². The molecule has 34 heavy (non-hydrogen) atoms. The molecule has 0 aliphatic heterocycles. The maximum absolute atomic E-state index is 12.5. The fraction of sp³-hybridized carbons (Fsp3) is 0.0909. The van der Waals surface area contributed by atoms with Crippen LogP contribution in [0.2, 0.25) is 20.1 Å². The van der Waals surface area contributed by atoms with Gasteiger partial charge in [-0.3, -0.25) is 10.1 Å². The summed E-state index contributed by atoms with van der Waals surface area (Å²) in [5, 5.41) is 14.0. The number of carbonyl (C=O) groups is 1. The molecule has 176 valence electrons. The molecule has 0 aliphatic rings. The number of hydrogen-bond acceptors (Lipinski definition) is 5. The molecular weight excluding hydrogens is 528 g/mol. The van der Waals surface area contributed by atoms with Gasteiger partial charge in [-0.2, -0.15) is 4.99 Å². The number of carbonyl (C=O) groups excluding carboxylic acids is 1. The topological polar surface area (TPSA) is 103 Å². The van der Waals surface area contributed by atoms with Crippen LogP contribution < -0.4 is 10.1 Å². The lowest BCUT2D eigenvalue weighted by Gasteiger charge is -2.13. The Labute approximate surface area is 214 Å². The predicted octanol–water partition coefficient (Wildman–Crippen LogP) is 8.02. The summed E-state index contributed by atoms with van der Waals surface area (Å²) in [6.07, 6.45) is 0. The van der Waals surface area contributed by atoms with Gasteiger partial charge in [0.25, 0.3) is 5.69 Å². The van der Waals surface area contributed by atoms with Crippen LogP contribution in [0.25, 0.3) is 0 Å². The highest BCUT2D eigenvalue weighted by Crippen LogP contribution is 2.39. The molecule has 0 radical (unpaired) electrons. The normalized spacial score (nSPS) is 11.1. The first kappa shape index (κ1) is 25.6. The first-order valence-corrected chi connectivity index (χ1v) is 11.1. The van der Waals surface area contributed by atoms with Crippen LogP contribution in [-0.4, -0.2) is 23.5 Å². The lowest BCUT2D eigenvalue weighted by Crippen LogP contribution is -2.15. The smallest absolute Gasteiger partial charge is 0.348 e. The molecule has 12 heteroatoms. The zero-order chi connectivity index (χ0) is 24.8. The van der Waals surface area contributed by atoms with Gasteiger partial charge in [0.15, 0.2) is 5.75 Å². The Morgan fingerprint density at radius 3 is 2.12 bits per heavy atom. The SMILES string of the molecule is CCO/C(=N\C(=O)Nc1cc(Cl)c(Oc2ccc([N+](=O)[O-])cc2)c(Cl)c1)c1c(Cl)cccc1Cl. The number of non-ortho nitro benzene ring substituents is 1. The molecule has 1 N–H and O–H groups in total. The molecule has 0 heterocycles. The van der Waals surface area contributed by atoms with Crippen LogP contribution in [0.4, 0.5) is 16.2 Å². The third-order valence-corrected chi connectivity index (χ3v) is 5.37. The second-order valence-corrected chi connectivity index (χ2v) is 8.13. The van der Waals surface area contributed by atoms with E-state index in [1.54, 1.807) is 25.1 Å². The van der Waals surface area contributed by atoms with Gasteiger partial charge in [0.2, 0.25) is 5.90 Å². The highest BCUT2D eigenvalue weighted by Gasteiger charge is 2.17. The summed E-state index contributed by atoms with van der Waals surface area (Å²) in [6, 6.07) is 12.3. The summed E-state index contributed by atoms with van der Waals surface area (Å²) >= 11 is 24.9. The van der Waals surface area contributed by atoms with E-state index in [4.69, 9.17) is 55.9 Å². The maximum atomic E-state index is 12.5. The quantitative estimate of drug-likeness (QED) is 0.147. The number of anilines is 1. The molecule has 0 aliphatic carbocycles. The molecule has 0 aromatic heterocycles. The number of aliphatic imine (C=N–C) groups is 1. The van der Waals surface area contributed by atoms with Crippen LogP contribution in [0.5, 0.6) is 11.5 Å². The van der Waals surface area contributed by atoms with Crippen molar-refractivity contribution >= 4 is 69.7 Å². The van der Waals surface area contributed by atoms with Crippen LogP contribution in [-0.2, 0) is 4.74 Å². The van der Waals surface area contributed by atoms with E-state index in [9.17, 15) is 14.9 Å². The number of nitro groups is 1. The number of amides is 2. The number of halogens is 4. The highest BCUT2D eigenvalue weighted by atomic mass is 35.5. The van der Waals surface area contributed by atoms with Crippen LogP contribution in [0.3, 0.4) is 0 Å². The Balaban J connectivity index is 1.81. The van der Waals surface area contributed by atoms with Gasteiger partial charge in [-0.15, -0.1) is 0 Å². The first-order valence-electron chi connectivity index (χ1n) is 9.57. The first-order chi connectivity index (χ1) is 16.2. The fourth-order valence-corrected chi connectivity index (χ4v) is 3.85. The maximum Gasteiger partial charge on any atom is 0.348 e. The van der Waals surface area contributed by atoms with Gasteiger partial charge < -0.3 is 14.8 Å². The second kappa shape index (κ2) is 11.4. The summed E-state index contributed by atoms with van der Waals surface area (Å²) in [5.41, 5.74) is 0.430. The molecule has 3 aromatic carbocycles. The number of nitro benzene ring substituents is 1. The van der Waals surface area contributed by atoms with Gasteiger partial charge >= 0.3 is 6.03 Å². The number of rotatable bonds is 6. The van der Waals surface area contributed by atoms with E-state index < -0.39 is 11.0 Å². The number of nitrogens with one attached hydrogen (secondary N) is 1. The van der Waals surface area contributed by atoms with Crippen molar-refractivity contribution in [1.82, 2.24) is 0 Å². The summed E-state index contributed by atoms with van der Waals surface area (Å²) < 4.78 is 11.1. The van der Waals surface area contributed by atoms with Crippen molar-refractivity contribution in [2.45, 2.75) is 6.92 Å². The highest BCUT2D eigenvalue weighted by molar-refractivity contribution is 6.40. The summed E-state index contributed by atoms with van der Waals surface area (Å²) in [6.45, 7) is 1.95. The summed E-state index contributed by atoms with van der Waals surface area (Å²) in [7, 11) is 0. The van der Waals surface area contributed by atoms with E-state index >= 15 is 0 Å². The third kappa shape index (κ3) is 6.30. The number of benzene rings is 3. The molecule has 8 nitrogen and oxygen atoms in total. The van der Waals surface area contributed by atoms with Crippen molar-refractivity contribution in [2.75, 3.05) is 11.9 Å². The van der Waals surface area contributed by atoms with Gasteiger partial charge in [0.05, 0.1) is 37.2 Å². The number of ether oxygens (including phenoxy) is 2. The summed E-state index contributed by atoms with van der Waals surface area (Å²) in [5.74, 6) is 0.344. The Bertz CT molecular complexity index is 1220. The van der Waals surface area contributed by atoms with Crippen molar-refractivity contribution < 1.29 is 19.2 Å². The summed E-state index contributed by atoms with van der Waals surface area (Å²) in [4.78, 5) is 26.7. The number of urea groups is 1. The van der Waals surface area contributed by atoms with Gasteiger partial charge in [-0.1, -0.05) is 52.5 Å². The lowest BCUT2D eigenvalue weighted by atomic mass is 10.2. The fourth-order valence-electron chi connectivity index (χ4n) is 2.73. The standard InChI is InChI=1S/C22H15Cl4N3O5/c1-2-33-21(19-15(23)4-3-5-16(19)24)28-22(30)27-12-10-17(25)20(18(26)11-12)34-14-8-6-13(7-9-14)29(31)32/h3-11H,2H2,1H3,(H,27,30)/b28-21-. The molecule has 3 aromatic rings. The van der Waals surface area contributed by atoms with Gasteiger partial charge in [-0.25, -0.2) is 4.79 Å². The van der Waals surface area contributed by atoms with Crippen LogP contribution in [0, 0.1) is 10.1 Å². The zero-order valence-corrected chi connectivity index (χ0v) is 20.4. The molecule has 0 saturated carbocycles. The number of nitrogens with zero attached hydrogens (tertiary/aromatic N) is 2. The molecule has 0 atom stereocenters. The van der Waals surface area contributed by atoms with Gasteiger partial charge in [-0.05, 0) is 43.3 Å². The zero-order valence-electron chi connectivity index (χ0n) is 17.4. The number of hydrogen-bond donors (Lipinski definition) is 1. The van der Waals surface area contributed by atoms with Crippen LogP contribution in [0.15, 0.2) is 59.6 Å². The second-order valence-electron chi connectivity index (χ2n) is 6.50. The van der Waals surface area contributed by atoms with Crippen molar-refractivity contribution in [3.05, 3.63) is 90.4 Å². The van der Waals surface area contributed by atoms with Crippen molar-refractivity contribution in [1.29, 1.82) is 0 Å². The van der Waals surface area contributed by atoms with E-state index in [0.717, 1.165) is 0 Å². The minimum absolute atomic E-state index is 0.0501. The predicted molar refractivity (Wildman–Crippen MR) is 133 cm³/mol. The van der Waals surface area contributed by atoms with Crippen LogP contribution >= 0.6 is 46.4 Å². The van der Waals surface area contributed by atoms with E-state index in [-0.39, 0.29) is 61.0 Å². The van der Waals surface area contributed by atoms with Gasteiger partial charge in [0.1, 0.15) is 5.75 Å². The van der Waals surface area contributed by atoms with E-state index in [0.29, 0.717) is 0 Å². The lowest BCUT2D eigenvalue weighted by molar-refractivity contribution is -0.384. The molecule has 0 saturated heterocycles. The Hall–Kier alpha value is -3.04. The monoisotopic (exact) mass is 541 g/mol. The van der Waals surface area contributed by atoms with Crippen LogP contribution in [0.1, 0.15) is 12.5 Å². The minimum atomic E-state index is -0.782. The van der Waals surface area contributed by atoms with E-state index in [1.165, 1.54) is 36.4 Å². The molecule has 0 fully saturated rings. The Morgan fingerprint density at radius 1 is 1.00 bits per heavy atom. The molecular formula is C22H15Cl4N3O5. The Morgan fingerprint density at radius 2 is 1.59 bits per heavy atom. The van der Waals surface area contributed by atoms with E-state index in [2.05, 4.69) is 10.3 Å². The average molecular weight is 543 g/mol. The largest absolute Gasteiger partial charge is 0.477 e. The molecule has 0 bridgehead atoms. The van der Waals surface area contributed by atoms with Crippen molar-refractivity contribution in [3.63, 3.8) is 0 Å². The average Bonchev–Trinajstić information content (AvgIpc) is 2.76. The molecule has 3 rings (SSSR count). The van der Waals surface area contributed by atoms with Crippen molar-refractivity contribution in [3.8, 4) is 11.5 Å². The molecule has 0 spiro atoms. The minimum Gasteiger partial charge on any atom is -0.477 e. The van der Waals surface area contributed by atoms with Crippen molar-refractivity contribution in [2.24, 2.45) is 4.99 Å². The van der Waals surface area contributed by atoms with Gasteiger partial charge in [0, 0.05) is 17.8 Å². The molecule has 2 amide bonds. The Kier molecular flexibility index (Phi) is 8.57. The molecule has 0 unspecified atom stereocenters.